The number of rotatable bonds is 4. The number of carbonyl (C=O) groups is 1. The van der Waals surface area contributed by atoms with E-state index in [4.69, 9.17) is 0 Å². The van der Waals surface area contributed by atoms with Crippen LogP contribution in [0.25, 0.3) is 0 Å². The minimum absolute atomic E-state index is 0.0597. The average Bonchev–Trinajstić information content (AvgIpc) is 2.96. The van der Waals surface area contributed by atoms with E-state index in [9.17, 15) is 22.4 Å². The van der Waals surface area contributed by atoms with Crippen molar-refractivity contribution in [2.45, 2.75) is 51.1 Å². The first kappa shape index (κ1) is 17.7. The molecule has 2 rings (SSSR count). The molecule has 0 spiro atoms. The fourth-order valence-corrected chi connectivity index (χ4v) is 2.52. The minimum Gasteiger partial charge on any atom is -0.351 e. The summed E-state index contributed by atoms with van der Waals surface area (Å²) in [7, 11) is 0. The first-order chi connectivity index (χ1) is 10.6. The molecule has 1 amide bonds. The summed E-state index contributed by atoms with van der Waals surface area (Å²) >= 11 is 0. The summed E-state index contributed by atoms with van der Waals surface area (Å²) in [6.45, 7) is 3.09. The summed E-state index contributed by atoms with van der Waals surface area (Å²) in [5, 5.41) is 5.62. The maximum Gasteiger partial charge on any atom is 0.416 e. The largest absolute Gasteiger partial charge is 0.416 e. The molecule has 1 saturated heterocycles. The number of hydrogen-bond acceptors (Lipinski definition) is 2. The van der Waals surface area contributed by atoms with Crippen LogP contribution < -0.4 is 10.6 Å². The van der Waals surface area contributed by atoms with E-state index in [1.54, 1.807) is 0 Å². The molecule has 2 N–H and O–H groups in total. The molecule has 1 unspecified atom stereocenters. The predicted octanol–water partition coefficient (Wildman–Crippen LogP) is 3.28. The highest BCUT2D eigenvalue weighted by atomic mass is 19.4. The Kier molecular flexibility index (Phi) is 4.98. The van der Waals surface area contributed by atoms with Crippen molar-refractivity contribution in [3.05, 3.63) is 34.9 Å². The molecule has 3 nitrogen and oxygen atoms in total. The van der Waals surface area contributed by atoms with Crippen molar-refractivity contribution in [1.29, 1.82) is 0 Å². The van der Waals surface area contributed by atoms with Gasteiger partial charge in [-0.15, -0.1) is 0 Å². The topological polar surface area (TPSA) is 41.1 Å². The summed E-state index contributed by atoms with van der Waals surface area (Å²) in [6.07, 6.45) is -2.97. The van der Waals surface area contributed by atoms with Gasteiger partial charge in [-0.25, -0.2) is 4.39 Å². The molecule has 0 aliphatic carbocycles. The smallest absolute Gasteiger partial charge is 0.351 e. The molecule has 128 valence electrons. The summed E-state index contributed by atoms with van der Waals surface area (Å²) in [6, 6.07) is 2.80. The molecule has 1 atom stereocenters. The Bertz CT molecular complexity index is 540. The van der Waals surface area contributed by atoms with Crippen molar-refractivity contribution in [2.24, 2.45) is 0 Å². The van der Waals surface area contributed by atoms with E-state index in [0.717, 1.165) is 25.1 Å². The molecule has 0 saturated carbocycles. The molecular weight excluding hydrogens is 312 g/mol. The van der Waals surface area contributed by atoms with Gasteiger partial charge in [0.1, 0.15) is 5.67 Å². The van der Waals surface area contributed by atoms with Crippen LogP contribution in [0.5, 0.6) is 0 Å². The molecule has 1 aliphatic heterocycles. The fraction of sp³-hybridized carbons (Fsp3) is 0.562. The van der Waals surface area contributed by atoms with Gasteiger partial charge in [0, 0.05) is 6.54 Å². The molecule has 0 radical (unpaired) electrons. The summed E-state index contributed by atoms with van der Waals surface area (Å²) in [5.74, 6) is -0.249. The molecule has 1 fully saturated rings. The van der Waals surface area contributed by atoms with Gasteiger partial charge in [0.15, 0.2) is 0 Å². The lowest BCUT2D eigenvalue weighted by atomic mass is 9.95. The average molecular weight is 332 g/mol. The van der Waals surface area contributed by atoms with E-state index >= 15 is 0 Å². The summed E-state index contributed by atoms with van der Waals surface area (Å²) in [5.41, 5.74) is -2.64. The summed E-state index contributed by atoms with van der Waals surface area (Å²) < 4.78 is 52.9. The van der Waals surface area contributed by atoms with E-state index in [1.165, 1.54) is 19.9 Å². The zero-order valence-corrected chi connectivity index (χ0v) is 13.1. The van der Waals surface area contributed by atoms with Crippen LogP contribution in [0.4, 0.5) is 17.6 Å². The lowest BCUT2D eigenvalue weighted by Gasteiger charge is -2.19. The highest BCUT2D eigenvalue weighted by Gasteiger charge is 2.33. The third-order valence-electron chi connectivity index (χ3n) is 3.85. The zero-order chi connectivity index (χ0) is 17.3. The number of benzene rings is 1. The van der Waals surface area contributed by atoms with Crippen molar-refractivity contribution in [3.63, 3.8) is 0 Å². The summed E-state index contributed by atoms with van der Waals surface area (Å²) in [4.78, 5) is 11.9. The van der Waals surface area contributed by atoms with Crippen LogP contribution in [0.1, 0.15) is 43.4 Å². The number of alkyl halides is 4. The van der Waals surface area contributed by atoms with Gasteiger partial charge in [0.2, 0.25) is 5.91 Å². The molecule has 1 aromatic rings. The SMILES string of the molecule is CC(C)(F)c1cc(CNC(=O)C2CCCN2)cc(C(F)(F)F)c1. The highest BCUT2D eigenvalue weighted by Crippen LogP contribution is 2.34. The number of nitrogens with one attached hydrogen (secondary N) is 2. The Morgan fingerprint density at radius 1 is 1.22 bits per heavy atom. The van der Waals surface area contributed by atoms with E-state index in [2.05, 4.69) is 10.6 Å². The Morgan fingerprint density at radius 2 is 1.87 bits per heavy atom. The van der Waals surface area contributed by atoms with E-state index in [-0.39, 0.29) is 29.6 Å². The highest BCUT2D eigenvalue weighted by molar-refractivity contribution is 5.81. The van der Waals surface area contributed by atoms with Gasteiger partial charge in [-0.3, -0.25) is 4.79 Å². The van der Waals surface area contributed by atoms with Gasteiger partial charge in [0.05, 0.1) is 11.6 Å². The van der Waals surface area contributed by atoms with Crippen LogP contribution in [-0.2, 0) is 23.2 Å². The van der Waals surface area contributed by atoms with Gasteiger partial charge in [-0.1, -0.05) is 6.07 Å². The Balaban J connectivity index is 2.18. The van der Waals surface area contributed by atoms with Gasteiger partial charge in [-0.05, 0) is 56.5 Å². The Morgan fingerprint density at radius 3 is 2.39 bits per heavy atom. The molecule has 23 heavy (non-hydrogen) atoms. The van der Waals surface area contributed by atoms with Gasteiger partial charge in [0.25, 0.3) is 0 Å². The van der Waals surface area contributed by atoms with E-state index < -0.39 is 17.4 Å². The normalized spacial score (nSPS) is 19.0. The van der Waals surface area contributed by atoms with Gasteiger partial charge in [-0.2, -0.15) is 13.2 Å². The molecule has 1 aliphatic rings. The monoisotopic (exact) mass is 332 g/mol. The van der Waals surface area contributed by atoms with Crippen LogP contribution in [0.15, 0.2) is 18.2 Å². The maximum absolute atomic E-state index is 14.0. The fourth-order valence-electron chi connectivity index (χ4n) is 2.52. The molecule has 1 aromatic carbocycles. The molecule has 1 heterocycles. The molecule has 7 heteroatoms. The van der Waals surface area contributed by atoms with Crippen molar-refractivity contribution in [2.75, 3.05) is 6.54 Å². The second-order valence-electron chi connectivity index (χ2n) is 6.26. The number of carbonyl (C=O) groups excluding carboxylic acids is 1. The number of amides is 1. The molecule has 0 aromatic heterocycles. The lowest BCUT2D eigenvalue weighted by Crippen LogP contribution is -2.40. The third-order valence-corrected chi connectivity index (χ3v) is 3.85. The first-order valence-electron chi connectivity index (χ1n) is 7.49. The second kappa shape index (κ2) is 6.47. The lowest BCUT2D eigenvalue weighted by molar-refractivity contribution is -0.137. The standard InChI is InChI=1S/C16H20F4N2O/c1-15(2,17)11-6-10(7-12(8-11)16(18,19)20)9-22-14(23)13-4-3-5-21-13/h6-8,13,21H,3-5,9H2,1-2H3,(H,22,23). The van der Waals surface area contributed by atoms with Crippen molar-refractivity contribution in [3.8, 4) is 0 Å². The van der Waals surface area contributed by atoms with Crippen LogP contribution in [0, 0.1) is 0 Å². The van der Waals surface area contributed by atoms with Crippen LogP contribution in [0.2, 0.25) is 0 Å². The van der Waals surface area contributed by atoms with E-state index in [0.29, 0.717) is 6.42 Å². The minimum atomic E-state index is -4.56. The van der Waals surface area contributed by atoms with Crippen molar-refractivity contribution < 1.29 is 22.4 Å². The molecule has 0 bridgehead atoms. The number of hydrogen-bond donors (Lipinski definition) is 2. The Hall–Kier alpha value is -1.63. The second-order valence-corrected chi connectivity index (χ2v) is 6.26. The quantitative estimate of drug-likeness (QED) is 0.831. The first-order valence-corrected chi connectivity index (χ1v) is 7.49. The zero-order valence-electron chi connectivity index (χ0n) is 13.1. The maximum atomic E-state index is 14.0. The Labute approximate surface area is 132 Å². The predicted molar refractivity (Wildman–Crippen MR) is 78.4 cm³/mol. The van der Waals surface area contributed by atoms with Gasteiger partial charge < -0.3 is 10.6 Å². The van der Waals surface area contributed by atoms with E-state index in [1.807, 2.05) is 0 Å². The van der Waals surface area contributed by atoms with Crippen molar-refractivity contribution >= 4 is 5.91 Å². The third kappa shape index (κ3) is 4.67. The molecular formula is C16H20F4N2O. The van der Waals surface area contributed by atoms with Gasteiger partial charge >= 0.3 is 6.18 Å². The number of halogens is 4. The van der Waals surface area contributed by atoms with Crippen LogP contribution in [-0.4, -0.2) is 18.5 Å². The van der Waals surface area contributed by atoms with Crippen LogP contribution in [0.3, 0.4) is 0 Å². The van der Waals surface area contributed by atoms with Crippen molar-refractivity contribution in [1.82, 2.24) is 10.6 Å². The van der Waals surface area contributed by atoms with Crippen LogP contribution >= 0.6 is 0 Å².